The molecule has 0 fully saturated rings. The Kier molecular flexibility index (Phi) is 5.65. The standard InChI is InChI=1S/C28H19N3O6/c29-24-19(28(36)37)13-21(22-23(24)26(33)17-9-5-4-8-16(17)25(22)32)31-15-10-11-20(18(12-15)27(34)35)30-14-6-2-1-3-7-14/h1-13,30-31H,29H2,(H,34,35)(H,36,37). The van der Waals surface area contributed by atoms with Crippen LogP contribution in [0.4, 0.5) is 28.4 Å². The molecule has 0 atom stereocenters. The molecule has 37 heavy (non-hydrogen) atoms. The van der Waals surface area contributed by atoms with E-state index >= 15 is 0 Å². The Balaban J connectivity index is 1.62. The SMILES string of the molecule is Nc1c(C(=O)O)cc(Nc2ccc(Nc3ccccc3)c(C(=O)O)c2)c2c1C(=O)c1ccccc1C2=O. The highest BCUT2D eigenvalue weighted by atomic mass is 16.4. The van der Waals surface area contributed by atoms with Crippen molar-refractivity contribution in [3.05, 3.63) is 112 Å². The monoisotopic (exact) mass is 493 g/mol. The Bertz CT molecular complexity index is 1630. The van der Waals surface area contributed by atoms with Crippen molar-refractivity contribution in [3.8, 4) is 0 Å². The second kappa shape index (κ2) is 8.97. The van der Waals surface area contributed by atoms with Crippen LogP contribution in [0, 0.1) is 0 Å². The zero-order valence-corrected chi connectivity index (χ0v) is 19.1. The number of nitrogens with two attached hydrogens (primary N) is 1. The molecule has 182 valence electrons. The van der Waals surface area contributed by atoms with Crippen LogP contribution in [0.5, 0.6) is 0 Å². The van der Waals surface area contributed by atoms with Crippen LogP contribution < -0.4 is 16.4 Å². The molecule has 4 aromatic rings. The highest BCUT2D eigenvalue weighted by molar-refractivity contribution is 6.32. The van der Waals surface area contributed by atoms with Crippen LogP contribution in [0.15, 0.2) is 78.9 Å². The van der Waals surface area contributed by atoms with Gasteiger partial charge in [0.15, 0.2) is 11.6 Å². The Hall–Kier alpha value is -5.44. The van der Waals surface area contributed by atoms with Gasteiger partial charge in [0, 0.05) is 22.5 Å². The van der Waals surface area contributed by atoms with E-state index < -0.39 is 23.5 Å². The third-order valence-electron chi connectivity index (χ3n) is 6.05. The summed E-state index contributed by atoms with van der Waals surface area (Å²) in [5, 5.41) is 25.5. The number of carboxylic acids is 2. The van der Waals surface area contributed by atoms with Crippen LogP contribution in [-0.4, -0.2) is 33.7 Å². The van der Waals surface area contributed by atoms with Gasteiger partial charge in [0.25, 0.3) is 0 Å². The number of hydrogen-bond donors (Lipinski definition) is 5. The number of ketones is 2. The van der Waals surface area contributed by atoms with Crippen molar-refractivity contribution in [3.63, 3.8) is 0 Å². The lowest BCUT2D eigenvalue weighted by molar-refractivity contribution is 0.0687. The van der Waals surface area contributed by atoms with Gasteiger partial charge >= 0.3 is 11.9 Å². The summed E-state index contributed by atoms with van der Waals surface area (Å²) >= 11 is 0. The molecule has 0 radical (unpaired) electrons. The van der Waals surface area contributed by atoms with Gasteiger partial charge in [-0.3, -0.25) is 9.59 Å². The maximum atomic E-state index is 13.4. The molecule has 1 aliphatic rings. The van der Waals surface area contributed by atoms with Gasteiger partial charge in [-0.25, -0.2) is 9.59 Å². The summed E-state index contributed by atoms with van der Waals surface area (Å²) < 4.78 is 0. The highest BCUT2D eigenvalue weighted by Gasteiger charge is 2.35. The molecule has 0 aromatic heterocycles. The minimum Gasteiger partial charge on any atom is -0.478 e. The Morgan fingerprint density at radius 3 is 1.81 bits per heavy atom. The second-order valence-corrected chi connectivity index (χ2v) is 8.33. The normalized spacial score (nSPS) is 11.9. The lowest BCUT2D eigenvalue weighted by Crippen LogP contribution is -2.25. The summed E-state index contributed by atoms with van der Waals surface area (Å²) in [4.78, 5) is 50.6. The minimum atomic E-state index is -1.38. The van der Waals surface area contributed by atoms with E-state index in [0.29, 0.717) is 11.4 Å². The first kappa shape index (κ1) is 23.3. The number of aromatic carboxylic acids is 2. The smallest absolute Gasteiger partial charge is 0.337 e. The van der Waals surface area contributed by atoms with Crippen molar-refractivity contribution in [2.75, 3.05) is 16.4 Å². The number of rotatable bonds is 6. The Morgan fingerprint density at radius 1 is 0.622 bits per heavy atom. The molecule has 4 aromatic carbocycles. The molecule has 9 nitrogen and oxygen atoms in total. The van der Waals surface area contributed by atoms with Crippen molar-refractivity contribution in [1.29, 1.82) is 0 Å². The molecular formula is C28H19N3O6. The van der Waals surface area contributed by atoms with Gasteiger partial charge in [-0.05, 0) is 36.4 Å². The van der Waals surface area contributed by atoms with Crippen molar-refractivity contribution in [1.82, 2.24) is 0 Å². The van der Waals surface area contributed by atoms with E-state index in [9.17, 15) is 29.4 Å². The molecule has 0 saturated carbocycles. The van der Waals surface area contributed by atoms with Gasteiger partial charge < -0.3 is 26.6 Å². The van der Waals surface area contributed by atoms with Gasteiger partial charge in [-0.15, -0.1) is 0 Å². The number of nitrogen functional groups attached to an aromatic ring is 1. The molecule has 9 heteroatoms. The molecule has 0 aliphatic heterocycles. The van der Waals surface area contributed by atoms with E-state index in [2.05, 4.69) is 10.6 Å². The molecule has 0 spiro atoms. The lowest BCUT2D eigenvalue weighted by Gasteiger charge is -2.23. The summed E-state index contributed by atoms with van der Waals surface area (Å²) in [7, 11) is 0. The van der Waals surface area contributed by atoms with Crippen molar-refractivity contribution in [2.24, 2.45) is 0 Å². The first-order valence-corrected chi connectivity index (χ1v) is 11.1. The summed E-state index contributed by atoms with van der Waals surface area (Å²) in [6, 6.07) is 20.9. The molecule has 0 bridgehead atoms. The number of benzene rings is 4. The fraction of sp³-hybridized carbons (Fsp3) is 0. The van der Waals surface area contributed by atoms with E-state index in [4.69, 9.17) is 5.73 Å². The number of nitrogens with one attached hydrogen (secondary N) is 2. The number of carbonyl (C=O) groups is 4. The van der Waals surface area contributed by atoms with Gasteiger partial charge in [-0.1, -0.05) is 42.5 Å². The number of fused-ring (bicyclic) bond motifs is 2. The topological polar surface area (TPSA) is 159 Å². The van der Waals surface area contributed by atoms with Crippen LogP contribution in [0.25, 0.3) is 0 Å². The molecule has 0 heterocycles. The maximum absolute atomic E-state index is 13.4. The predicted molar refractivity (Wildman–Crippen MR) is 138 cm³/mol. The third-order valence-corrected chi connectivity index (χ3v) is 6.05. The number of carboxylic acid groups (broad SMARTS) is 2. The van der Waals surface area contributed by atoms with Gasteiger partial charge in [0.2, 0.25) is 0 Å². The van der Waals surface area contributed by atoms with E-state index in [1.807, 2.05) is 6.07 Å². The van der Waals surface area contributed by atoms with E-state index in [1.54, 1.807) is 48.5 Å². The number of hydrogen-bond acceptors (Lipinski definition) is 7. The van der Waals surface area contributed by atoms with Crippen LogP contribution in [0.2, 0.25) is 0 Å². The average Bonchev–Trinajstić information content (AvgIpc) is 2.89. The van der Waals surface area contributed by atoms with Gasteiger partial charge in [0.1, 0.15) is 0 Å². The van der Waals surface area contributed by atoms with Crippen LogP contribution in [0.3, 0.4) is 0 Å². The minimum absolute atomic E-state index is 0.0227. The first-order valence-electron chi connectivity index (χ1n) is 11.1. The molecule has 0 unspecified atom stereocenters. The average molecular weight is 493 g/mol. The summed E-state index contributed by atoms with van der Waals surface area (Å²) in [5.74, 6) is -3.65. The van der Waals surface area contributed by atoms with E-state index in [1.165, 1.54) is 24.3 Å². The predicted octanol–water partition coefficient (Wildman–Crippen LogP) is 4.93. The quantitative estimate of drug-likeness (QED) is 0.207. The molecule has 0 amide bonds. The summed E-state index contributed by atoms with van der Waals surface area (Å²) in [6.45, 7) is 0. The van der Waals surface area contributed by atoms with Crippen LogP contribution in [0.1, 0.15) is 52.6 Å². The van der Waals surface area contributed by atoms with Crippen LogP contribution >= 0.6 is 0 Å². The number of carbonyl (C=O) groups excluding carboxylic acids is 2. The molecule has 6 N–H and O–H groups in total. The van der Waals surface area contributed by atoms with Gasteiger partial charge in [0.05, 0.1) is 39.3 Å². The Labute approximate surface area is 210 Å². The largest absolute Gasteiger partial charge is 0.478 e. The van der Waals surface area contributed by atoms with E-state index in [0.717, 1.165) is 0 Å². The number of para-hydroxylation sites is 1. The summed E-state index contributed by atoms with van der Waals surface area (Å²) in [6.07, 6.45) is 0. The van der Waals surface area contributed by atoms with Crippen molar-refractivity contribution >= 4 is 51.9 Å². The highest BCUT2D eigenvalue weighted by Crippen LogP contribution is 2.39. The van der Waals surface area contributed by atoms with Crippen LogP contribution in [-0.2, 0) is 0 Å². The molecule has 5 rings (SSSR count). The fourth-order valence-electron chi connectivity index (χ4n) is 4.33. The molecule has 0 saturated heterocycles. The second-order valence-electron chi connectivity index (χ2n) is 8.33. The Morgan fingerprint density at radius 2 is 1.19 bits per heavy atom. The van der Waals surface area contributed by atoms with Gasteiger partial charge in [-0.2, -0.15) is 0 Å². The van der Waals surface area contributed by atoms with Crippen molar-refractivity contribution in [2.45, 2.75) is 0 Å². The maximum Gasteiger partial charge on any atom is 0.337 e. The first-order chi connectivity index (χ1) is 17.8. The molecular weight excluding hydrogens is 474 g/mol. The van der Waals surface area contributed by atoms with E-state index in [-0.39, 0.29) is 50.4 Å². The third kappa shape index (κ3) is 4.04. The lowest BCUT2D eigenvalue weighted by atomic mass is 9.81. The number of anilines is 5. The summed E-state index contributed by atoms with van der Waals surface area (Å²) in [5.41, 5.74) is 6.65. The zero-order valence-electron chi connectivity index (χ0n) is 19.1. The fourth-order valence-corrected chi connectivity index (χ4v) is 4.33. The zero-order chi connectivity index (χ0) is 26.3. The van der Waals surface area contributed by atoms with Crippen molar-refractivity contribution < 1.29 is 29.4 Å². The molecule has 1 aliphatic carbocycles.